The van der Waals surface area contributed by atoms with E-state index in [2.05, 4.69) is 4.98 Å². The van der Waals surface area contributed by atoms with E-state index in [1.807, 2.05) is 13.0 Å². The summed E-state index contributed by atoms with van der Waals surface area (Å²) in [6.07, 6.45) is -0.568. The van der Waals surface area contributed by atoms with Crippen LogP contribution in [0.4, 0.5) is 22.0 Å². The van der Waals surface area contributed by atoms with Crippen molar-refractivity contribution < 1.29 is 45.8 Å². The predicted octanol–water partition coefficient (Wildman–Crippen LogP) is 4.95. The first-order valence-electron chi connectivity index (χ1n) is 11.2. The Kier molecular flexibility index (Phi) is 8.05. The number of aliphatic carboxylic acids is 1. The number of carbonyl (C=O) groups excluding carboxylic acids is 1. The summed E-state index contributed by atoms with van der Waals surface area (Å²) in [6, 6.07) is 2.57. The van der Waals surface area contributed by atoms with Crippen LogP contribution in [-0.4, -0.2) is 51.6 Å². The zero-order chi connectivity index (χ0) is 26.7. The summed E-state index contributed by atoms with van der Waals surface area (Å²) in [6.45, 7) is 3.24. The van der Waals surface area contributed by atoms with Crippen LogP contribution in [0, 0.1) is 6.92 Å². The van der Waals surface area contributed by atoms with Crippen molar-refractivity contribution in [3.63, 3.8) is 0 Å². The number of fused-ring (bicyclic) bond motifs is 1. The van der Waals surface area contributed by atoms with E-state index in [4.69, 9.17) is 9.15 Å². The highest BCUT2D eigenvalue weighted by molar-refractivity contribution is 5.89. The minimum absolute atomic E-state index is 0.0499. The SMILES string of the molecule is CCC/C=C/c1nc(CCOc2ccc3c(c2)CN(C(=O)C(F)(F)C(F)(F)F)[C@H](C(=O)O)C3)c(C)o1. The van der Waals surface area contributed by atoms with Gasteiger partial charge in [0.1, 0.15) is 17.6 Å². The minimum atomic E-state index is -6.15. The van der Waals surface area contributed by atoms with Crippen molar-refractivity contribution >= 4 is 18.0 Å². The molecule has 0 unspecified atom stereocenters. The molecule has 12 heteroatoms. The Morgan fingerprint density at radius 1 is 1.25 bits per heavy atom. The van der Waals surface area contributed by atoms with Crippen LogP contribution in [-0.2, 0) is 29.0 Å². The molecule has 1 aliphatic rings. The Labute approximate surface area is 203 Å². The van der Waals surface area contributed by atoms with Gasteiger partial charge in [0.15, 0.2) is 0 Å². The number of halogens is 5. The van der Waals surface area contributed by atoms with Crippen LogP contribution in [0.25, 0.3) is 6.08 Å². The molecule has 1 amide bonds. The Hall–Kier alpha value is -3.44. The lowest BCUT2D eigenvalue weighted by molar-refractivity contribution is -0.275. The molecular weight excluding hydrogens is 491 g/mol. The quantitative estimate of drug-likeness (QED) is 0.474. The van der Waals surface area contributed by atoms with Crippen molar-refractivity contribution in [2.45, 2.75) is 64.2 Å². The molecule has 36 heavy (non-hydrogen) atoms. The van der Waals surface area contributed by atoms with Gasteiger partial charge in [0.2, 0.25) is 5.89 Å². The summed E-state index contributed by atoms with van der Waals surface area (Å²) >= 11 is 0. The van der Waals surface area contributed by atoms with E-state index < -0.39 is 43.0 Å². The summed E-state index contributed by atoms with van der Waals surface area (Å²) < 4.78 is 76.9. The van der Waals surface area contributed by atoms with Crippen LogP contribution in [0.2, 0.25) is 0 Å². The first kappa shape index (κ1) is 27.2. The van der Waals surface area contributed by atoms with Gasteiger partial charge >= 0.3 is 24.0 Å². The van der Waals surface area contributed by atoms with Gasteiger partial charge in [0.25, 0.3) is 0 Å². The second-order valence-electron chi connectivity index (χ2n) is 8.34. The number of carboxylic acids is 1. The van der Waals surface area contributed by atoms with E-state index in [-0.39, 0.29) is 22.8 Å². The summed E-state index contributed by atoms with van der Waals surface area (Å²) in [5, 5.41) is 9.35. The number of rotatable bonds is 9. The van der Waals surface area contributed by atoms with Gasteiger partial charge in [-0.05, 0) is 42.7 Å². The van der Waals surface area contributed by atoms with Gasteiger partial charge in [-0.2, -0.15) is 22.0 Å². The molecule has 0 fully saturated rings. The number of allylic oxidation sites excluding steroid dienone is 1. The molecular formula is C24H25F5N2O5. The minimum Gasteiger partial charge on any atom is -0.493 e. The molecule has 1 aromatic carbocycles. The predicted molar refractivity (Wildman–Crippen MR) is 118 cm³/mol. The number of oxazole rings is 1. The molecule has 1 aromatic heterocycles. The van der Waals surface area contributed by atoms with Crippen molar-refractivity contribution in [3.8, 4) is 5.75 Å². The zero-order valence-electron chi connectivity index (χ0n) is 19.6. The molecule has 0 radical (unpaired) electrons. The zero-order valence-corrected chi connectivity index (χ0v) is 19.6. The van der Waals surface area contributed by atoms with Crippen molar-refractivity contribution in [3.05, 3.63) is 52.7 Å². The fourth-order valence-corrected chi connectivity index (χ4v) is 3.76. The normalized spacial score (nSPS) is 16.3. The molecule has 3 rings (SSSR count). The number of ether oxygens (including phenoxy) is 1. The first-order valence-corrected chi connectivity index (χ1v) is 11.2. The molecule has 1 aliphatic heterocycles. The molecule has 1 N–H and O–H groups in total. The highest BCUT2D eigenvalue weighted by Gasteiger charge is 2.65. The van der Waals surface area contributed by atoms with E-state index in [9.17, 15) is 36.6 Å². The van der Waals surface area contributed by atoms with E-state index in [1.54, 1.807) is 13.0 Å². The standard InChI is InChI=1S/C24H25F5N2O5/c1-3-4-5-6-20-30-18(14(2)36-20)9-10-35-17-8-7-15-12-19(21(32)33)31(13-16(15)11-17)22(34)23(25,26)24(27,28)29/h5-8,11,19H,3-4,9-10,12-13H2,1-2H3,(H,32,33)/b6-5+/t19-/m0/s1. The number of hydrogen-bond acceptors (Lipinski definition) is 5. The van der Waals surface area contributed by atoms with Crippen LogP contribution >= 0.6 is 0 Å². The number of aromatic nitrogens is 1. The summed E-state index contributed by atoms with van der Waals surface area (Å²) in [7, 11) is 0. The number of nitrogens with zero attached hydrogens (tertiary/aromatic N) is 2. The van der Waals surface area contributed by atoms with E-state index >= 15 is 0 Å². The van der Waals surface area contributed by atoms with Crippen molar-refractivity contribution in [2.75, 3.05) is 6.61 Å². The van der Waals surface area contributed by atoms with Crippen LogP contribution in [0.1, 0.15) is 48.2 Å². The Morgan fingerprint density at radius 3 is 2.61 bits per heavy atom. The number of hydrogen-bond donors (Lipinski definition) is 1. The Balaban J connectivity index is 1.72. The smallest absolute Gasteiger partial charge is 0.463 e. The number of carbonyl (C=O) groups is 2. The number of carboxylic acid groups (broad SMARTS) is 1. The van der Waals surface area contributed by atoms with Gasteiger partial charge in [-0.3, -0.25) is 4.79 Å². The van der Waals surface area contributed by atoms with E-state index in [0.29, 0.717) is 29.3 Å². The Morgan fingerprint density at radius 2 is 1.97 bits per heavy atom. The fourth-order valence-electron chi connectivity index (χ4n) is 3.76. The van der Waals surface area contributed by atoms with Crippen LogP contribution < -0.4 is 4.74 Å². The largest absolute Gasteiger partial charge is 0.493 e. The van der Waals surface area contributed by atoms with Crippen LogP contribution in [0.15, 0.2) is 28.7 Å². The van der Waals surface area contributed by atoms with Gasteiger partial charge < -0.3 is 19.2 Å². The van der Waals surface area contributed by atoms with Gasteiger partial charge in [-0.25, -0.2) is 9.78 Å². The van der Waals surface area contributed by atoms with Crippen molar-refractivity contribution in [1.82, 2.24) is 9.88 Å². The van der Waals surface area contributed by atoms with Crippen LogP contribution in [0.3, 0.4) is 0 Å². The molecule has 0 saturated carbocycles. The van der Waals surface area contributed by atoms with Gasteiger partial charge in [-0.15, -0.1) is 0 Å². The third kappa shape index (κ3) is 5.85. The molecule has 1 atom stereocenters. The average Bonchev–Trinajstić information content (AvgIpc) is 3.16. The number of amides is 1. The molecule has 196 valence electrons. The second kappa shape index (κ2) is 10.7. The van der Waals surface area contributed by atoms with Gasteiger partial charge in [0.05, 0.1) is 12.3 Å². The van der Waals surface area contributed by atoms with Gasteiger partial charge in [0, 0.05) is 19.4 Å². The molecule has 0 saturated heterocycles. The fraction of sp³-hybridized carbons (Fsp3) is 0.458. The van der Waals surface area contributed by atoms with Crippen molar-refractivity contribution in [1.29, 1.82) is 0 Å². The monoisotopic (exact) mass is 516 g/mol. The van der Waals surface area contributed by atoms with Crippen LogP contribution in [0.5, 0.6) is 5.75 Å². The maximum absolute atomic E-state index is 13.7. The number of aryl methyl sites for hydroxylation is 1. The van der Waals surface area contributed by atoms with Crippen molar-refractivity contribution in [2.24, 2.45) is 0 Å². The molecule has 2 aromatic rings. The van der Waals surface area contributed by atoms with Gasteiger partial charge in [-0.1, -0.05) is 25.5 Å². The second-order valence-corrected chi connectivity index (χ2v) is 8.34. The molecule has 0 spiro atoms. The maximum Gasteiger partial charge on any atom is 0.463 e. The van der Waals surface area contributed by atoms with E-state index in [1.165, 1.54) is 18.2 Å². The molecule has 7 nitrogen and oxygen atoms in total. The topological polar surface area (TPSA) is 92.9 Å². The molecule has 0 bridgehead atoms. The number of unbranched alkanes of at least 4 members (excludes halogenated alkanes) is 1. The average molecular weight is 516 g/mol. The highest BCUT2D eigenvalue weighted by Crippen LogP contribution is 2.39. The lowest BCUT2D eigenvalue weighted by atomic mass is 9.93. The molecule has 2 heterocycles. The third-order valence-electron chi connectivity index (χ3n) is 5.71. The van der Waals surface area contributed by atoms with E-state index in [0.717, 1.165) is 12.8 Å². The summed E-state index contributed by atoms with van der Waals surface area (Å²) in [4.78, 5) is 28.0. The molecule has 0 aliphatic carbocycles. The highest BCUT2D eigenvalue weighted by atomic mass is 19.4. The lowest BCUT2D eigenvalue weighted by Gasteiger charge is -2.36. The maximum atomic E-state index is 13.7. The Bertz CT molecular complexity index is 1140. The third-order valence-corrected chi connectivity index (χ3v) is 5.71. The summed E-state index contributed by atoms with van der Waals surface area (Å²) in [5.41, 5.74) is 1.31. The lowest BCUT2D eigenvalue weighted by Crippen LogP contribution is -2.58. The summed E-state index contributed by atoms with van der Waals surface area (Å²) in [5.74, 6) is -8.63. The number of benzene rings is 1. The first-order chi connectivity index (χ1) is 16.8. The number of alkyl halides is 5.